The number of sulfonamides is 1. The molecule has 1 atom stereocenters. The second-order valence-corrected chi connectivity index (χ2v) is 11.3. The summed E-state index contributed by atoms with van der Waals surface area (Å²) < 4.78 is 33.1. The Labute approximate surface area is 193 Å². The Morgan fingerprint density at radius 3 is 2.50 bits per heavy atom. The van der Waals surface area contributed by atoms with Crippen LogP contribution < -0.4 is 5.32 Å². The van der Waals surface area contributed by atoms with Crippen LogP contribution in [0.5, 0.6) is 0 Å². The molecule has 10 heteroatoms. The number of amides is 1. The van der Waals surface area contributed by atoms with E-state index >= 15 is 0 Å². The number of hydrogen-bond donors (Lipinski definition) is 1. The average Bonchev–Trinajstić information content (AvgIpc) is 3.31. The lowest BCUT2D eigenvalue weighted by Gasteiger charge is -2.31. The van der Waals surface area contributed by atoms with Gasteiger partial charge in [-0.1, -0.05) is 12.1 Å². The summed E-state index contributed by atoms with van der Waals surface area (Å²) in [4.78, 5) is 19.7. The van der Waals surface area contributed by atoms with E-state index < -0.39 is 10.0 Å². The molecular weight excluding hydrogens is 448 g/mol. The normalized spacial score (nSPS) is 20.2. The molecule has 0 bridgehead atoms. The second-order valence-electron chi connectivity index (χ2n) is 8.45. The van der Waals surface area contributed by atoms with E-state index in [2.05, 4.69) is 15.2 Å². The summed E-state index contributed by atoms with van der Waals surface area (Å²) in [6.07, 6.45) is 4.21. The topological polar surface area (TPSA) is 91.8 Å². The van der Waals surface area contributed by atoms with Crippen LogP contribution in [0.25, 0.3) is 0 Å². The van der Waals surface area contributed by atoms with Crippen molar-refractivity contribution < 1.29 is 17.9 Å². The van der Waals surface area contributed by atoms with E-state index in [1.54, 1.807) is 30.5 Å². The van der Waals surface area contributed by atoms with Crippen molar-refractivity contribution >= 4 is 32.4 Å². The molecule has 3 heterocycles. The Balaban J connectivity index is 1.53. The quantitative estimate of drug-likeness (QED) is 0.658. The van der Waals surface area contributed by atoms with Gasteiger partial charge in [0.25, 0.3) is 0 Å². The molecule has 0 radical (unpaired) electrons. The minimum Gasteiger partial charge on any atom is -0.381 e. The highest BCUT2D eigenvalue weighted by atomic mass is 32.2. The van der Waals surface area contributed by atoms with Crippen LogP contribution >= 0.6 is 11.3 Å². The van der Waals surface area contributed by atoms with Gasteiger partial charge in [0.1, 0.15) is 0 Å². The van der Waals surface area contributed by atoms with Crippen molar-refractivity contribution in [2.24, 2.45) is 5.92 Å². The van der Waals surface area contributed by atoms with Gasteiger partial charge in [-0.2, -0.15) is 4.31 Å². The zero-order valence-corrected chi connectivity index (χ0v) is 19.9. The third-order valence-electron chi connectivity index (χ3n) is 6.27. The Kier molecular flexibility index (Phi) is 7.57. The average molecular weight is 479 g/mol. The summed E-state index contributed by atoms with van der Waals surface area (Å²) >= 11 is 1.38. The molecule has 1 N–H and O–H groups in total. The number of hydrogen-bond acceptors (Lipinski definition) is 7. The maximum atomic E-state index is 13.1. The predicted molar refractivity (Wildman–Crippen MR) is 124 cm³/mol. The molecule has 8 nitrogen and oxygen atoms in total. The smallest absolute Gasteiger partial charge is 0.243 e. The second kappa shape index (κ2) is 10.4. The van der Waals surface area contributed by atoms with Gasteiger partial charge in [0, 0.05) is 51.0 Å². The van der Waals surface area contributed by atoms with Gasteiger partial charge in [-0.25, -0.2) is 13.4 Å². The Morgan fingerprint density at radius 1 is 1.19 bits per heavy atom. The van der Waals surface area contributed by atoms with Gasteiger partial charge in [-0.05, 0) is 49.9 Å². The molecule has 1 aromatic carbocycles. The number of piperazine rings is 1. The highest BCUT2D eigenvalue weighted by Gasteiger charge is 2.30. The molecular formula is C22H30N4O4S2. The SMILES string of the molecule is CN1CCN(S(=O)(=O)c2ccc(C(CC3CCOCC3)C(=O)Nc3nccs3)cc2)CC1. The molecule has 2 fully saturated rings. The van der Waals surface area contributed by atoms with Crippen molar-refractivity contribution in [3.05, 3.63) is 41.4 Å². The van der Waals surface area contributed by atoms with E-state index in [9.17, 15) is 13.2 Å². The molecule has 4 rings (SSSR count). The van der Waals surface area contributed by atoms with Crippen molar-refractivity contribution in [1.29, 1.82) is 0 Å². The fraction of sp³-hybridized carbons (Fsp3) is 0.545. The van der Waals surface area contributed by atoms with Crippen LogP contribution in [0.1, 0.15) is 30.7 Å². The molecule has 32 heavy (non-hydrogen) atoms. The van der Waals surface area contributed by atoms with Crippen LogP contribution in [-0.2, 0) is 19.6 Å². The van der Waals surface area contributed by atoms with Gasteiger partial charge in [0.05, 0.1) is 10.8 Å². The highest BCUT2D eigenvalue weighted by Crippen LogP contribution is 2.32. The number of thiazole rings is 1. The number of benzene rings is 1. The minimum atomic E-state index is -3.54. The number of likely N-dealkylation sites (N-methyl/N-ethyl adjacent to an activating group) is 1. The monoisotopic (exact) mass is 478 g/mol. The third kappa shape index (κ3) is 5.55. The van der Waals surface area contributed by atoms with Crippen LogP contribution in [0.4, 0.5) is 5.13 Å². The molecule has 2 saturated heterocycles. The molecule has 174 valence electrons. The zero-order valence-electron chi connectivity index (χ0n) is 18.3. The largest absolute Gasteiger partial charge is 0.381 e. The van der Waals surface area contributed by atoms with Crippen molar-refractivity contribution in [2.45, 2.75) is 30.1 Å². The molecule has 0 spiro atoms. The number of nitrogens with zero attached hydrogens (tertiary/aromatic N) is 3. The van der Waals surface area contributed by atoms with Crippen LogP contribution in [0, 0.1) is 5.92 Å². The summed E-state index contributed by atoms with van der Waals surface area (Å²) in [6, 6.07) is 6.84. The zero-order chi connectivity index (χ0) is 22.6. The lowest BCUT2D eigenvalue weighted by atomic mass is 9.84. The van der Waals surface area contributed by atoms with E-state index in [0.29, 0.717) is 43.8 Å². The number of anilines is 1. The standard InChI is InChI=1S/C22H30N4O4S2/c1-25-9-11-26(12-10-25)32(28,29)19-4-2-18(3-5-19)20(16-17-6-13-30-14-7-17)21(27)24-22-23-8-15-31-22/h2-5,8,15,17,20H,6-7,9-14,16H2,1H3,(H,23,24,27). The molecule has 2 aliphatic rings. The van der Waals surface area contributed by atoms with E-state index in [0.717, 1.165) is 31.5 Å². The Hall–Kier alpha value is -1.85. The summed E-state index contributed by atoms with van der Waals surface area (Å²) in [5.41, 5.74) is 0.822. The molecule has 0 aliphatic carbocycles. The molecule has 2 aromatic rings. The van der Waals surface area contributed by atoms with Crippen LogP contribution in [0.15, 0.2) is 40.7 Å². The summed E-state index contributed by atoms with van der Waals surface area (Å²) in [5, 5.41) is 5.31. The van der Waals surface area contributed by atoms with Crippen molar-refractivity contribution in [3.8, 4) is 0 Å². The van der Waals surface area contributed by atoms with Crippen LogP contribution in [0.3, 0.4) is 0 Å². The van der Waals surface area contributed by atoms with Gasteiger partial charge in [-0.3, -0.25) is 4.79 Å². The first-order chi connectivity index (χ1) is 15.4. The summed E-state index contributed by atoms with van der Waals surface area (Å²) in [6.45, 7) is 3.86. The fourth-order valence-corrected chi connectivity index (χ4v) is 6.19. The molecule has 0 saturated carbocycles. The Morgan fingerprint density at radius 2 is 1.88 bits per heavy atom. The number of carbonyl (C=O) groups excluding carboxylic acids is 1. The van der Waals surface area contributed by atoms with Gasteiger partial charge in [0.15, 0.2) is 5.13 Å². The summed E-state index contributed by atoms with van der Waals surface area (Å²) in [7, 11) is -1.54. The van der Waals surface area contributed by atoms with Crippen LogP contribution in [0.2, 0.25) is 0 Å². The number of rotatable bonds is 7. The van der Waals surface area contributed by atoms with Crippen molar-refractivity contribution in [3.63, 3.8) is 0 Å². The number of ether oxygens (including phenoxy) is 1. The number of carbonyl (C=O) groups is 1. The van der Waals surface area contributed by atoms with Gasteiger partial charge >= 0.3 is 0 Å². The van der Waals surface area contributed by atoms with Crippen LogP contribution in [-0.4, -0.2) is 75.0 Å². The molecule has 2 aliphatic heterocycles. The summed E-state index contributed by atoms with van der Waals surface area (Å²) in [5.74, 6) is -0.0898. The number of nitrogens with one attached hydrogen (secondary N) is 1. The molecule has 1 amide bonds. The highest BCUT2D eigenvalue weighted by molar-refractivity contribution is 7.89. The number of aromatic nitrogens is 1. The van der Waals surface area contributed by atoms with E-state index in [-0.39, 0.29) is 16.7 Å². The lowest BCUT2D eigenvalue weighted by Crippen LogP contribution is -2.47. The first kappa shape index (κ1) is 23.3. The van der Waals surface area contributed by atoms with E-state index in [1.165, 1.54) is 15.6 Å². The predicted octanol–water partition coefficient (Wildman–Crippen LogP) is 2.62. The van der Waals surface area contributed by atoms with E-state index in [4.69, 9.17) is 4.74 Å². The maximum Gasteiger partial charge on any atom is 0.243 e. The maximum absolute atomic E-state index is 13.1. The van der Waals surface area contributed by atoms with Gasteiger partial charge in [-0.15, -0.1) is 11.3 Å². The first-order valence-electron chi connectivity index (χ1n) is 11.0. The van der Waals surface area contributed by atoms with Gasteiger partial charge < -0.3 is 15.0 Å². The first-order valence-corrected chi connectivity index (χ1v) is 13.3. The van der Waals surface area contributed by atoms with Crippen molar-refractivity contribution in [2.75, 3.05) is 51.8 Å². The lowest BCUT2D eigenvalue weighted by molar-refractivity contribution is -0.118. The Bertz CT molecular complexity index is 981. The minimum absolute atomic E-state index is 0.110. The fourth-order valence-electron chi connectivity index (χ4n) is 4.24. The van der Waals surface area contributed by atoms with E-state index in [1.807, 2.05) is 12.4 Å². The van der Waals surface area contributed by atoms with Crippen molar-refractivity contribution in [1.82, 2.24) is 14.2 Å². The third-order valence-corrected chi connectivity index (χ3v) is 8.87. The molecule has 1 unspecified atom stereocenters. The molecule has 1 aromatic heterocycles. The van der Waals surface area contributed by atoms with Gasteiger partial charge in [0.2, 0.25) is 15.9 Å².